The Morgan fingerprint density at radius 1 is 1.28 bits per heavy atom. The fourth-order valence-corrected chi connectivity index (χ4v) is 3.24. The van der Waals surface area contributed by atoms with Gasteiger partial charge in [0.25, 0.3) is 0 Å². The van der Waals surface area contributed by atoms with Crippen LogP contribution >= 0.6 is 0 Å². The molecule has 0 aromatic rings. The largest absolute Gasteiger partial charge is 0.374 e. The minimum atomic E-state index is 0.385. The van der Waals surface area contributed by atoms with E-state index in [0.29, 0.717) is 12.1 Å². The molecule has 1 heterocycles. The molecule has 1 N–H and O–H groups in total. The third-order valence-electron chi connectivity index (χ3n) is 4.62. The van der Waals surface area contributed by atoms with Crippen molar-refractivity contribution in [3.63, 3.8) is 0 Å². The Balaban J connectivity index is 1.72. The normalized spacial score (nSPS) is 35.0. The predicted octanol–water partition coefficient (Wildman–Crippen LogP) is 2.26. The van der Waals surface area contributed by atoms with E-state index in [-0.39, 0.29) is 0 Å². The summed E-state index contributed by atoms with van der Waals surface area (Å²) >= 11 is 0. The average molecular weight is 254 g/mol. The van der Waals surface area contributed by atoms with Gasteiger partial charge >= 0.3 is 0 Å². The van der Waals surface area contributed by atoms with Crippen LogP contribution in [0.4, 0.5) is 0 Å². The van der Waals surface area contributed by atoms with Gasteiger partial charge in [0.2, 0.25) is 0 Å². The molecule has 1 aliphatic carbocycles. The molecule has 0 amide bonds. The van der Waals surface area contributed by atoms with Crippen molar-refractivity contribution in [1.82, 2.24) is 10.2 Å². The number of nitrogens with one attached hydrogen (secondary N) is 1. The standard InChI is InChI=1S/C15H30N2O/c1-12(2)17-8-9-18-14(11-17)10-16-15-7-5-4-6-13(15)3/h12-16H,4-11H2,1-3H3. The molecule has 0 aromatic carbocycles. The summed E-state index contributed by atoms with van der Waals surface area (Å²) in [5.74, 6) is 0.837. The summed E-state index contributed by atoms with van der Waals surface area (Å²) in [6.45, 7) is 11.0. The smallest absolute Gasteiger partial charge is 0.0826 e. The van der Waals surface area contributed by atoms with Crippen molar-refractivity contribution in [3.8, 4) is 0 Å². The van der Waals surface area contributed by atoms with Crippen LogP contribution in [-0.4, -0.2) is 49.3 Å². The summed E-state index contributed by atoms with van der Waals surface area (Å²) in [6, 6.07) is 1.36. The van der Waals surface area contributed by atoms with Crippen molar-refractivity contribution < 1.29 is 4.74 Å². The lowest BCUT2D eigenvalue weighted by Crippen LogP contribution is -2.51. The lowest BCUT2D eigenvalue weighted by molar-refractivity contribution is -0.0391. The van der Waals surface area contributed by atoms with Gasteiger partial charge in [-0.05, 0) is 32.6 Å². The Morgan fingerprint density at radius 2 is 2.06 bits per heavy atom. The van der Waals surface area contributed by atoms with Crippen LogP contribution in [0.25, 0.3) is 0 Å². The SMILES string of the molecule is CC1CCCCC1NCC1CN(C(C)C)CCO1. The number of hydrogen-bond acceptors (Lipinski definition) is 3. The van der Waals surface area contributed by atoms with Gasteiger partial charge in [-0.3, -0.25) is 4.90 Å². The summed E-state index contributed by atoms with van der Waals surface area (Å²) in [7, 11) is 0. The van der Waals surface area contributed by atoms with Crippen molar-refractivity contribution in [2.24, 2.45) is 5.92 Å². The Labute approximate surface area is 112 Å². The van der Waals surface area contributed by atoms with E-state index < -0.39 is 0 Å². The van der Waals surface area contributed by atoms with Crippen LogP contribution < -0.4 is 5.32 Å². The first-order chi connectivity index (χ1) is 8.66. The lowest BCUT2D eigenvalue weighted by Gasteiger charge is -2.37. The first kappa shape index (κ1) is 14.3. The maximum atomic E-state index is 5.88. The molecule has 0 radical (unpaired) electrons. The highest BCUT2D eigenvalue weighted by Gasteiger charge is 2.25. The second-order valence-corrected chi connectivity index (χ2v) is 6.36. The van der Waals surface area contributed by atoms with E-state index in [1.54, 1.807) is 0 Å². The van der Waals surface area contributed by atoms with Crippen LogP contribution in [0.5, 0.6) is 0 Å². The molecular formula is C15H30N2O. The van der Waals surface area contributed by atoms with Gasteiger partial charge in [-0.1, -0.05) is 19.8 Å². The summed E-state index contributed by atoms with van der Waals surface area (Å²) in [5.41, 5.74) is 0. The van der Waals surface area contributed by atoms with Gasteiger partial charge in [-0.25, -0.2) is 0 Å². The molecule has 2 fully saturated rings. The molecule has 3 atom stereocenters. The van der Waals surface area contributed by atoms with Crippen LogP contribution in [0.1, 0.15) is 46.5 Å². The van der Waals surface area contributed by atoms with Crippen molar-refractivity contribution in [2.45, 2.75) is 64.6 Å². The van der Waals surface area contributed by atoms with Crippen LogP contribution in [0.15, 0.2) is 0 Å². The quantitative estimate of drug-likeness (QED) is 0.833. The van der Waals surface area contributed by atoms with Gasteiger partial charge in [0.05, 0.1) is 12.7 Å². The van der Waals surface area contributed by atoms with Crippen molar-refractivity contribution in [2.75, 3.05) is 26.2 Å². The maximum absolute atomic E-state index is 5.88. The number of hydrogen-bond donors (Lipinski definition) is 1. The molecule has 3 heteroatoms. The number of nitrogens with zero attached hydrogens (tertiary/aromatic N) is 1. The third kappa shape index (κ3) is 3.94. The highest BCUT2D eigenvalue weighted by atomic mass is 16.5. The molecule has 18 heavy (non-hydrogen) atoms. The van der Waals surface area contributed by atoms with Crippen molar-refractivity contribution in [1.29, 1.82) is 0 Å². The molecule has 1 saturated carbocycles. The molecule has 2 rings (SSSR count). The first-order valence-electron chi connectivity index (χ1n) is 7.76. The Hall–Kier alpha value is -0.120. The molecule has 0 bridgehead atoms. The first-order valence-corrected chi connectivity index (χ1v) is 7.76. The molecule has 3 unspecified atom stereocenters. The minimum absolute atomic E-state index is 0.385. The van der Waals surface area contributed by atoms with E-state index in [9.17, 15) is 0 Å². The zero-order valence-electron chi connectivity index (χ0n) is 12.3. The van der Waals surface area contributed by atoms with Crippen LogP contribution in [0, 0.1) is 5.92 Å². The number of morpholine rings is 1. The molecular weight excluding hydrogens is 224 g/mol. The predicted molar refractivity (Wildman–Crippen MR) is 75.9 cm³/mol. The topological polar surface area (TPSA) is 24.5 Å². The van der Waals surface area contributed by atoms with Gasteiger partial charge in [0.15, 0.2) is 0 Å². The second-order valence-electron chi connectivity index (χ2n) is 6.36. The highest BCUT2D eigenvalue weighted by molar-refractivity contribution is 4.81. The van der Waals surface area contributed by atoms with E-state index in [4.69, 9.17) is 4.74 Å². The summed E-state index contributed by atoms with van der Waals surface area (Å²) < 4.78 is 5.88. The van der Waals surface area contributed by atoms with Gasteiger partial charge in [-0.15, -0.1) is 0 Å². The van der Waals surface area contributed by atoms with E-state index in [0.717, 1.165) is 38.2 Å². The molecule has 1 saturated heterocycles. The zero-order valence-corrected chi connectivity index (χ0v) is 12.3. The lowest BCUT2D eigenvalue weighted by atomic mass is 9.86. The van der Waals surface area contributed by atoms with Gasteiger partial charge < -0.3 is 10.1 Å². The van der Waals surface area contributed by atoms with Gasteiger partial charge in [0.1, 0.15) is 0 Å². The molecule has 3 nitrogen and oxygen atoms in total. The Morgan fingerprint density at radius 3 is 2.78 bits per heavy atom. The van der Waals surface area contributed by atoms with Crippen LogP contribution in [-0.2, 0) is 4.74 Å². The second kappa shape index (κ2) is 6.88. The number of ether oxygens (including phenoxy) is 1. The summed E-state index contributed by atoms with van der Waals surface area (Å²) in [4.78, 5) is 2.53. The summed E-state index contributed by atoms with van der Waals surface area (Å²) in [5, 5.41) is 3.75. The van der Waals surface area contributed by atoms with E-state index >= 15 is 0 Å². The fourth-order valence-electron chi connectivity index (χ4n) is 3.24. The molecule has 1 aliphatic heterocycles. The van der Waals surface area contributed by atoms with Gasteiger partial charge in [0, 0.05) is 31.7 Å². The van der Waals surface area contributed by atoms with Crippen LogP contribution in [0.2, 0.25) is 0 Å². The molecule has 0 spiro atoms. The van der Waals surface area contributed by atoms with E-state index in [1.807, 2.05) is 0 Å². The Bertz CT molecular complexity index is 245. The van der Waals surface area contributed by atoms with Gasteiger partial charge in [-0.2, -0.15) is 0 Å². The van der Waals surface area contributed by atoms with Crippen molar-refractivity contribution in [3.05, 3.63) is 0 Å². The zero-order chi connectivity index (χ0) is 13.0. The molecule has 2 aliphatic rings. The third-order valence-corrected chi connectivity index (χ3v) is 4.62. The van der Waals surface area contributed by atoms with Crippen molar-refractivity contribution >= 4 is 0 Å². The van der Waals surface area contributed by atoms with E-state index in [2.05, 4.69) is 31.0 Å². The maximum Gasteiger partial charge on any atom is 0.0826 e. The monoisotopic (exact) mass is 254 g/mol. The average Bonchev–Trinajstić information content (AvgIpc) is 2.38. The highest BCUT2D eigenvalue weighted by Crippen LogP contribution is 2.23. The number of rotatable bonds is 4. The fraction of sp³-hybridized carbons (Fsp3) is 1.00. The van der Waals surface area contributed by atoms with Crippen LogP contribution in [0.3, 0.4) is 0 Å². The Kier molecular flexibility index (Phi) is 5.46. The van der Waals surface area contributed by atoms with E-state index in [1.165, 1.54) is 25.7 Å². The minimum Gasteiger partial charge on any atom is -0.374 e. The summed E-state index contributed by atoms with van der Waals surface area (Å²) in [6.07, 6.45) is 5.94. The molecule has 0 aromatic heterocycles. The molecule has 106 valence electrons.